The van der Waals surface area contributed by atoms with Crippen LogP contribution in [0.15, 0.2) is 0 Å². The van der Waals surface area contributed by atoms with Gasteiger partial charge >= 0.3 is 12.1 Å². The monoisotopic (exact) mass is 273 g/mol. The van der Waals surface area contributed by atoms with Gasteiger partial charge in [-0.25, -0.2) is 4.79 Å². The Morgan fingerprint density at radius 1 is 1.26 bits per heavy atom. The highest BCUT2D eigenvalue weighted by molar-refractivity contribution is 5.73. The van der Waals surface area contributed by atoms with Crippen LogP contribution in [0.1, 0.15) is 20.8 Å². The normalized spacial score (nSPS) is 19.1. The third kappa shape index (κ3) is 5.44. The summed E-state index contributed by atoms with van der Waals surface area (Å²) < 4.78 is 5.28. The topological polar surface area (TPSA) is 96.1 Å². The highest BCUT2D eigenvalue weighted by Crippen LogP contribution is 2.11. The number of rotatable bonds is 3. The molecule has 1 amide bonds. The molecule has 3 N–H and O–H groups in total. The molecule has 0 aromatic carbocycles. The minimum absolute atomic E-state index is 0.303. The molecular formula is C12H23N3O4. The van der Waals surface area contributed by atoms with Crippen LogP contribution in [0.5, 0.6) is 0 Å². The molecule has 110 valence electrons. The SMILES string of the molecule is CC(C)(C)OC(=O)N1CCN(CC(N)C(=O)O)CC1. The Kier molecular flexibility index (Phi) is 5.13. The fraction of sp³-hybridized carbons (Fsp3) is 0.833. The summed E-state index contributed by atoms with van der Waals surface area (Å²) in [5.41, 5.74) is 4.98. The van der Waals surface area contributed by atoms with Crippen LogP contribution in [0, 0.1) is 0 Å². The first-order chi connectivity index (χ1) is 8.69. The Morgan fingerprint density at radius 3 is 2.21 bits per heavy atom. The Hall–Kier alpha value is -1.34. The van der Waals surface area contributed by atoms with Crippen LogP contribution in [-0.4, -0.2) is 71.3 Å². The summed E-state index contributed by atoms with van der Waals surface area (Å²) >= 11 is 0. The summed E-state index contributed by atoms with van der Waals surface area (Å²) in [5.74, 6) is -1.01. The van der Waals surface area contributed by atoms with E-state index in [2.05, 4.69) is 0 Å². The first-order valence-electron chi connectivity index (χ1n) is 6.38. The molecule has 1 aliphatic rings. The lowest BCUT2D eigenvalue weighted by Gasteiger charge is -2.36. The Labute approximate surface area is 113 Å². The molecule has 1 rings (SSSR count). The molecule has 0 radical (unpaired) electrons. The van der Waals surface area contributed by atoms with Crippen molar-refractivity contribution in [2.24, 2.45) is 5.73 Å². The lowest BCUT2D eigenvalue weighted by Crippen LogP contribution is -2.53. The second kappa shape index (κ2) is 6.21. The summed E-state index contributed by atoms with van der Waals surface area (Å²) in [5, 5.41) is 8.74. The van der Waals surface area contributed by atoms with Crippen LogP contribution in [-0.2, 0) is 9.53 Å². The van der Waals surface area contributed by atoms with Gasteiger partial charge in [0.15, 0.2) is 0 Å². The molecule has 0 spiro atoms. The van der Waals surface area contributed by atoms with E-state index in [1.807, 2.05) is 25.7 Å². The molecule has 7 heteroatoms. The number of hydrogen-bond donors (Lipinski definition) is 2. The van der Waals surface area contributed by atoms with Gasteiger partial charge in [-0.2, -0.15) is 0 Å². The molecule has 0 saturated carbocycles. The fourth-order valence-corrected chi connectivity index (χ4v) is 1.80. The molecule has 0 aliphatic carbocycles. The number of piperazine rings is 1. The zero-order chi connectivity index (χ0) is 14.6. The number of aliphatic carboxylic acids is 1. The van der Waals surface area contributed by atoms with E-state index in [1.54, 1.807) is 4.90 Å². The zero-order valence-corrected chi connectivity index (χ0v) is 11.8. The lowest BCUT2D eigenvalue weighted by molar-refractivity contribution is -0.139. The Morgan fingerprint density at radius 2 is 1.79 bits per heavy atom. The molecule has 0 aromatic rings. The number of amides is 1. The van der Waals surface area contributed by atoms with E-state index < -0.39 is 17.6 Å². The Balaban J connectivity index is 2.36. The molecule has 1 saturated heterocycles. The van der Waals surface area contributed by atoms with Gasteiger partial charge in [0.05, 0.1) is 0 Å². The molecule has 19 heavy (non-hydrogen) atoms. The van der Waals surface area contributed by atoms with Gasteiger partial charge in [0.25, 0.3) is 0 Å². The quantitative estimate of drug-likeness (QED) is 0.748. The van der Waals surface area contributed by atoms with Crippen molar-refractivity contribution in [3.05, 3.63) is 0 Å². The van der Waals surface area contributed by atoms with Gasteiger partial charge in [0.2, 0.25) is 0 Å². The van der Waals surface area contributed by atoms with Crippen LogP contribution in [0.4, 0.5) is 4.79 Å². The highest BCUT2D eigenvalue weighted by atomic mass is 16.6. The van der Waals surface area contributed by atoms with E-state index in [1.165, 1.54) is 0 Å². The molecule has 1 fully saturated rings. The second-order valence-electron chi connectivity index (χ2n) is 5.71. The third-order valence-corrected chi connectivity index (χ3v) is 2.80. The van der Waals surface area contributed by atoms with Gasteiger partial charge in [-0.05, 0) is 20.8 Å². The molecule has 0 bridgehead atoms. The smallest absolute Gasteiger partial charge is 0.410 e. The predicted molar refractivity (Wildman–Crippen MR) is 69.9 cm³/mol. The van der Waals surface area contributed by atoms with Crippen LogP contribution in [0.2, 0.25) is 0 Å². The van der Waals surface area contributed by atoms with Gasteiger partial charge in [0.1, 0.15) is 11.6 Å². The summed E-state index contributed by atoms with van der Waals surface area (Å²) in [6.07, 6.45) is -0.324. The van der Waals surface area contributed by atoms with Crippen LogP contribution < -0.4 is 5.73 Å². The van der Waals surface area contributed by atoms with E-state index in [0.29, 0.717) is 32.7 Å². The fourth-order valence-electron chi connectivity index (χ4n) is 1.80. The molecule has 1 aliphatic heterocycles. The third-order valence-electron chi connectivity index (χ3n) is 2.80. The van der Waals surface area contributed by atoms with Gasteiger partial charge in [0, 0.05) is 32.7 Å². The highest BCUT2D eigenvalue weighted by Gasteiger charge is 2.27. The minimum Gasteiger partial charge on any atom is -0.480 e. The lowest BCUT2D eigenvalue weighted by atomic mass is 10.2. The number of carbonyl (C=O) groups is 2. The standard InChI is InChI=1S/C12H23N3O4/c1-12(2,3)19-11(18)15-6-4-14(5-7-15)8-9(13)10(16)17/h9H,4-8,13H2,1-3H3,(H,16,17). The number of carboxylic acids is 1. The van der Waals surface area contributed by atoms with Gasteiger partial charge < -0.3 is 20.5 Å². The van der Waals surface area contributed by atoms with Crippen molar-refractivity contribution in [1.82, 2.24) is 9.80 Å². The summed E-state index contributed by atoms with van der Waals surface area (Å²) in [7, 11) is 0. The predicted octanol–water partition coefficient (Wildman–Crippen LogP) is -0.0490. The minimum atomic E-state index is -1.01. The molecular weight excluding hydrogens is 250 g/mol. The second-order valence-corrected chi connectivity index (χ2v) is 5.71. The van der Waals surface area contributed by atoms with E-state index in [0.717, 1.165) is 0 Å². The molecule has 1 heterocycles. The first-order valence-corrected chi connectivity index (χ1v) is 6.38. The number of ether oxygens (including phenoxy) is 1. The van der Waals surface area contributed by atoms with Crippen molar-refractivity contribution >= 4 is 12.1 Å². The number of nitrogens with two attached hydrogens (primary N) is 1. The van der Waals surface area contributed by atoms with E-state index in [9.17, 15) is 9.59 Å². The van der Waals surface area contributed by atoms with Gasteiger partial charge in [-0.1, -0.05) is 0 Å². The summed E-state index contributed by atoms with van der Waals surface area (Å²) in [6.45, 7) is 8.06. The van der Waals surface area contributed by atoms with Gasteiger partial charge in [-0.15, -0.1) is 0 Å². The number of carboxylic acid groups (broad SMARTS) is 1. The van der Waals surface area contributed by atoms with Crippen molar-refractivity contribution in [2.45, 2.75) is 32.4 Å². The van der Waals surface area contributed by atoms with Crippen LogP contribution in [0.25, 0.3) is 0 Å². The number of carbonyl (C=O) groups excluding carboxylic acids is 1. The van der Waals surface area contributed by atoms with Crippen molar-refractivity contribution in [1.29, 1.82) is 0 Å². The number of hydrogen-bond acceptors (Lipinski definition) is 5. The molecule has 1 atom stereocenters. The molecule has 0 aromatic heterocycles. The molecule has 7 nitrogen and oxygen atoms in total. The first kappa shape index (κ1) is 15.7. The van der Waals surface area contributed by atoms with Crippen molar-refractivity contribution in [2.75, 3.05) is 32.7 Å². The number of nitrogens with zero attached hydrogens (tertiary/aromatic N) is 2. The van der Waals surface area contributed by atoms with E-state index in [-0.39, 0.29) is 6.09 Å². The van der Waals surface area contributed by atoms with Crippen LogP contribution >= 0.6 is 0 Å². The average Bonchev–Trinajstić information content (AvgIpc) is 2.27. The van der Waals surface area contributed by atoms with Crippen LogP contribution in [0.3, 0.4) is 0 Å². The summed E-state index contributed by atoms with van der Waals surface area (Å²) in [6, 6.07) is -0.881. The Bertz CT molecular complexity index is 332. The molecule has 1 unspecified atom stereocenters. The summed E-state index contributed by atoms with van der Waals surface area (Å²) in [4.78, 5) is 26.1. The largest absolute Gasteiger partial charge is 0.480 e. The van der Waals surface area contributed by atoms with Crippen molar-refractivity contribution in [3.63, 3.8) is 0 Å². The average molecular weight is 273 g/mol. The van der Waals surface area contributed by atoms with Crippen molar-refractivity contribution < 1.29 is 19.4 Å². The van der Waals surface area contributed by atoms with E-state index in [4.69, 9.17) is 15.6 Å². The zero-order valence-electron chi connectivity index (χ0n) is 11.8. The van der Waals surface area contributed by atoms with Gasteiger partial charge in [-0.3, -0.25) is 9.69 Å². The maximum Gasteiger partial charge on any atom is 0.410 e. The maximum absolute atomic E-state index is 11.8. The van der Waals surface area contributed by atoms with Crippen molar-refractivity contribution in [3.8, 4) is 0 Å². The maximum atomic E-state index is 11.8. The van der Waals surface area contributed by atoms with E-state index >= 15 is 0 Å².